The Morgan fingerprint density at radius 3 is 2.79 bits per heavy atom. The maximum atomic E-state index is 5.02. The van der Waals surface area contributed by atoms with Gasteiger partial charge in [-0.05, 0) is 36.6 Å². The normalized spacial score (nSPS) is 16.5. The van der Waals surface area contributed by atoms with Crippen LogP contribution in [0.25, 0.3) is 22.3 Å². The zero-order valence-electron chi connectivity index (χ0n) is 19.3. The van der Waals surface area contributed by atoms with E-state index >= 15 is 0 Å². The molecule has 170 valence electrons. The molecule has 0 spiro atoms. The van der Waals surface area contributed by atoms with Crippen LogP contribution >= 0.6 is 0 Å². The molecule has 8 nitrogen and oxygen atoms in total. The molecule has 5 rings (SSSR count). The van der Waals surface area contributed by atoms with Crippen LogP contribution in [-0.4, -0.2) is 51.1 Å². The molecule has 1 aliphatic rings. The van der Waals surface area contributed by atoms with Crippen LogP contribution in [0.3, 0.4) is 0 Å². The predicted molar refractivity (Wildman–Crippen MR) is 132 cm³/mol. The van der Waals surface area contributed by atoms with Gasteiger partial charge >= 0.3 is 0 Å². The third-order valence-corrected chi connectivity index (χ3v) is 6.28. The highest BCUT2D eigenvalue weighted by atomic mass is 15.3. The topological polar surface area (TPSA) is 94.6 Å². The second kappa shape index (κ2) is 9.15. The van der Waals surface area contributed by atoms with E-state index in [4.69, 9.17) is 4.98 Å². The summed E-state index contributed by atoms with van der Waals surface area (Å²) >= 11 is 0. The van der Waals surface area contributed by atoms with Crippen molar-refractivity contribution in [3.63, 3.8) is 0 Å². The van der Waals surface area contributed by atoms with Crippen molar-refractivity contribution in [2.24, 2.45) is 5.92 Å². The summed E-state index contributed by atoms with van der Waals surface area (Å²) in [5.74, 6) is 2.73. The Morgan fingerprint density at radius 2 is 1.97 bits per heavy atom. The highest BCUT2D eigenvalue weighted by Crippen LogP contribution is 2.28. The number of nitrogens with one attached hydrogen (secondary N) is 3. The first kappa shape index (κ1) is 21.3. The number of aromatic nitrogens is 5. The molecule has 1 saturated heterocycles. The minimum atomic E-state index is 0.407. The quantitative estimate of drug-likeness (QED) is 0.418. The van der Waals surface area contributed by atoms with Gasteiger partial charge in [0.15, 0.2) is 17.5 Å². The Hall–Kier alpha value is -3.52. The van der Waals surface area contributed by atoms with Crippen LogP contribution in [-0.2, 0) is 6.54 Å². The molecule has 1 aliphatic heterocycles. The molecule has 8 heteroatoms. The number of nitrogens with zero attached hydrogens (tertiary/aromatic N) is 5. The fourth-order valence-corrected chi connectivity index (χ4v) is 4.25. The van der Waals surface area contributed by atoms with E-state index < -0.39 is 0 Å². The second-order valence-corrected chi connectivity index (χ2v) is 8.98. The van der Waals surface area contributed by atoms with Crippen molar-refractivity contribution >= 4 is 22.5 Å². The molecule has 0 radical (unpaired) electrons. The molecule has 2 aromatic carbocycles. The van der Waals surface area contributed by atoms with E-state index in [1.807, 2.05) is 37.3 Å². The molecule has 3 N–H and O–H groups in total. The number of aromatic amines is 1. The SMILES string of the molecule is Cc1[nH]nc2ccc(-c3nnc(NCc4ccccc4)c(N4CCN[C@@H](C(C)C)C4)n3)cc12. The molecule has 33 heavy (non-hydrogen) atoms. The minimum absolute atomic E-state index is 0.407. The summed E-state index contributed by atoms with van der Waals surface area (Å²) in [5, 5.41) is 24.6. The zero-order chi connectivity index (χ0) is 22.8. The van der Waals surface area contributed by atoms with Crippen LogP contribution in [0.4, 0.5) is 11.6 Å². The number of H-pyrrole nitrogens is 1. The third-order valence-electron chi connectivity index (χ3n) is 6.28. The Bertz CT molecular complexity index is 1230. The number of hydrogen-bond donors (Lipinski definition) is 3. The predicted octanol–water partition coefficient (Wildman–Crippen LogP) is 3.77. The van der Waals surface area contributed by atoms with Crippen molar-refractivity contribution in [2.45, 2.75) is 33.4 Å². The highest BCUT2D eigenvalue weighted by Gasteiger charge is 2.26. The lowest BCUT2D eigenvalue weighted by Gasteiger charge is -2.37. The first-order chi connectivity index (χ1) is 16.1. The van der Waals surface area contributed by atoms with Gasteiger partial charge in [-0.3, -0.25) is 5.10 Å². The largest absolute Gasteiger partial charge is 0.361 e. The molecule has 0 unspecified atom stereocenters. The van der Waals surface area contributed by atoms with E-state index in [9.17, 15) is 0 Å². The summed E-state index contributed by atoms with van der Waals surface area (Å²) in [6, 6.07) is 16.8. The molecule has 2 aromatic heterocycles. The van der Waals surface area contributed by atoms with Crippen LogP contribution in [0, 0.1) is 12.8 Å². The van der Waals surface area contributed by atoms with Gasteiger partial charge in [-0.2, -0.15) is 5.10 Å². The van der Waals surface area contributed by atoms with Crippen molar-refractivity contribution in [1.82, 2.24) is 30.7 Å². The maximum absolute atomic E-state index is 5.02. The van der Waals surface area contributed by atoms with E-state index in [0.29, 0.717) is 30.1 Å². The van der Waals surface area contributed by atoms with Crippen LogP contribution < -0.4 is 15.5 Å². The van der Waals surface area contributed by atoms with Crippen LogP contribution in [0.15, 0.2) is 48.5 Å². The minimum Gasteiger partial charge on any atom is -0.361 e. The Labute approximate surface area is 193 Å². The molecule has 0 amide bonds. The summed E-state index contributed by atoms with van der Waals surface area (Å²) in [6.07, 6.45) is 0. The van der Waals surface area contributed by atoms with E-state index in [2.05, 4.69) is 68.0 Å². The van der Waals surface area contributed by atoms with E-state index in [-0.39, 0.29) is 0 Å². The molecule has 1 fully saturated rings. The van der Waals surface area contributed by atoms with Gasteiger partial charge in [0.05, 0.1) is 5.52 Å². The molecular formula is C25H30N8. The van der Waals surface area contributed by atoms with E-state index in [1.54, 1.807) is 0 Å². The summed E-state index contributed by atoms with van der Waals surface area (Å²) in [7, 11) is 0. The van der Waals surface area contributed by atoms with Gasteiger partial charge in [-0.25, -0.2) is 4.98 Å². The van der Waals surface area contributed by atoms with Gasteiger partial charge in [0.2, 0.25) is 0 Å². The Morgan fingerprint density at radius 1 is 1.12 bits per heavy atom. The second-order valence-electron chi connectivity index (χ2n) is 8.98. The first-order valence-electron chi connectivity index (χ1n) is 11.5. The third kappa shape index (κ3) is 4.52. The number of rotatable bonds is 6. The van der Waals surface area contributed by atoms with Gasteiger partial charge in [0.25, 0.3) is 0 Å². The molecule has 0 bridgehead atoms. The molecule has 0 aliphatic carbocycles. The van der Waals surface area contributed by atoms with Crippen molar-refractivity contribution in [3.8, 4) is 11.4 Å². The summed E-state index contributed by atoms with van der Waals surface area (Å²) < 4.78 is 0. The van der Waals surface area contributed by atoms with Crippen molar-refractivity contribution in [3.05, 3.63) is 59.8 Å². The zero-order valence-corrected chi connectivity index (χ0v) is 19.3. The number of hydrogen-bond acceptors (Lipinski definition) is 7. The van der Waals surface area contributed by atoms with Gasteiger partial charge in [0.1, 0.15) is 0 Å². The number of aryl methyl sites for hydroxylation is 1. The van der Waals surface area contributed by atoms with E-state index in [0.717, 1.165) is 47.6 Å². The lowest BCUT2D eigenvalue weighted by atomic mass is 10.0. The average Bonchev–Trinajstić information content (AvgIpc) is 3.23. The average molecular weight is 443 g/mol. The molecule has 3 heterocycles. The monoisotopic (exact) mass is 442 g/mol. The number of fused-ring (bicyclic) bond motifs is 1. The first-order valence-corrected chi connectivity index (χ1v) is 11.5. The van der Waals surface area contributed by atoms with E-state index in [1.165, 1.54) is 5.56 Å². The number of piperazine rings is 1. The number of benzene rings is 2. The summed E-state index contributed by atoms with van der Waals surface area (Å²) in [5.41, 5.74) is 4.09. The Balaban J connectivity index is 1.50. The van der Waals surface area contributed by atoms with Crippen molar-refractivity contribution in [1.29, 1.82) is 0 Å². The standard InChI is InChI=1S/C25H30N8/c1-16(2)22-15-33(12-11-26-22)25-24(27-14-18-7-5-4-6-8-18)32-31-23(28-25)19-9-10-21-20(13-19)17(3)29-30-21/h4-10,13,16,22,26H,11-12,14-15H2,1-3H3,(H,27,32)(H,29,30)/t22-/m1/s1. The van der Waals surface area contributed by atoms with Crippen LogP contribution in [0.1, 0.15) is 25.1 Å². The van der Waals surface area contributed by atoms with Gasteiger partial charge in [0, 0.05) is 48.9 Å². The lowest BCUT2D eigenvalue weighted by Crippen LogP contribution is -2.53. The highest BCUT2D eigenvalue weighted by molar-refractivity contribution is 5.85. The summed E-state index contributed by atoms with van der Waals surface area (Å²) in [6.45, 7) is 9.87. The molecule has 0 saturated carbocycles. The van der Waals surface area contributed by atoms with Crippen LogP contribution in [0.5, 0.6) is 0 Å². The Kier molecular flexibility index (Phi) is 5.92. The fourth-order valence-electron chi connectivity index (χ4n) is 4.25. The summed E-state index contributed by atoms with van der Waals surface area (Å²) in [4.78, 5) is 7.35. The maximum Gasteiger partial charge on any atom is 0.192 e. The van der Waals surface area contributed by atoms with Gasteiger partial charge in [-0.15, -0.1) is 10.2 Å². The molecule has 4 aromatic rings. The van der Waals surface area contributed by atoms with Gasteiger partial charge < -0.3 is 15.5 Å². The van der Waals surface area contributed by atoms with Crippen LogP contribution in [0.2, 0.25) is 0 Å². The van der Waals surface area contributed by atoms with Crippen molar-refractivity contribution in [2.75, 3.05) is 29.9 Å². The van der Waals surface area contributed by atoms with Gasteiger partial charge in [-0.1, -0.05) is 44.2 Å². The lowest BCUT2D eigenvalue weighted by molar-refractivity contribution is 0.367. The van der Waals surface area contributed by atoms with Crippen molar-refractivity contribution < 1.29 is 0 Å². The molecule has 1 atom stereocenters. The molecular weight excluding hydrogens is 412 g/mol. The fraction of sp³-hybridized carbons (Fsp3) is 0.360. The number of anilines is 2. The smallest absolute Gasteiger partial charge is 0.192 e.